The van der Waals surface area contributed by atoms with Gasteiger partial charge in [-0.3, -0.25) is 4.79 Å². The first-order valence-corrected chi connectivity index (χ1v) is 12.3. The van der Waals surface area contributed by atoms with Gasteiger partial charge in [0.05, 0.1) is 28.3 Å². The zero-order valence-electron chi connectivity index (χ0n) is 14.7. The standard InChI is InChI=1S/C17H17Cl2N3O4S2/c18-10-1-2-15(13(19)5-10)26-6-16(23)20-17-12-7-27-8-14(12)21-22(17)11-3-4-28(24,25)9-11/h1-2,5,11H,3-4,6-9H2,(H,20,23). The molecule has 1 atom stereocenters. The highest BCUT2D eigenvalue weighted by atomic mass is 35.5. The van der Waals surface area contributed by atoms with Crippen LogP contribution < -0.4 is 10.1 Å². The molecule has 150 valence electrons. The fourth-order valence-corrected chi connectivity index (χ4v) is 6.49. The van der Waals surface area contributed by atoms with Crippen molar-refractivity contribution in [3.05, 3.63) is 39.5 Å². The van der Waals surface area contributed by atoms with Crippen molar-refractivity contribution in [2.45, 2.75) is 24.0 Å². The third-order valence-electron chi connectivity index (χ3n) is 4.64. The van der Waals surface area contributed by atoms with Gasteiger partial charge in [-0.2, -0.15) is 16.9 Å². The lowest BCUT2D eigenvalue weighted by atomic mass is 10.2. The first-order chi connectivity index (χ1) is 13.3. The van der Waals surface area contributed by atoms with Gasteiger partial charge in [0.2, 0.25) is 0 Å². The zero-order chi connectivity index (χ0) is 19.9. The van der Waals surface area contributed by atoms with Crippen LogP contribution in [0.4, 0.5) is 5.82 Å². The third kappa shape index (κ3) is 4.12. The summed E-state index contributed by atoms with van der Waals surface area (Å²) < 4.78 is 30.9. The molecule has 1 unspecified atom stereocenters. The number of sulfone groups is 1. The largest absolute Gasteiger partial charge is 0.482 e. The van der Waals surface area contributed by atoms with E-state index < -0.39 is 9.84 Å². The first kappa shape index (κ1) is 19.9. The van der Waals surface area contributed by atoms with E-state index in [0.717, 1.165) is 22.8 Å². The Hall–Kier alpha value is -1.42. The monoisotopic (exact) mass is 461 g/mol. The number of hydrogen-bond donors (Lipinski definition) is 1. The highest BCUT2D eigenvalue weighted by molar-refractivity contribution is 7.98. The summed E-state index contributed by atoms with van der Waals surface area (Å²) in [5.41, 5.74) is 1.85. The number of ether oxygens (including phenoxy) is 1. The topological polar surface area (TPSA) is 90.3 Å². The third-order valence-corrected chi connectivity index (χ3v) is 7.89. The molecule has 0 aliphatic carbocycles. The smallest absolute Gasteiger partial charge is 0.263 e. The minimum absolute atomic E-state index is 0.0421. The summed E-state index contributed by atoms with van der Waals surface area (Å²) in [5.74, 6) is 2.22. The van der Waals surface area contributed by atoms with Gasteiger partial charge in [-0.05, 0) is 24.6 Å². The second-order valence-electron chi connectivity index (χ2n) is 6.68. The lowest BCUT2D eigenvalue weighted by Crippen LogP contribution is -2.24. The summed E-state index contributed by atoms with van der Waals surface area (Å²) in [6.07, 6.45) is 0.496. The molecule has 7 nitrogen and oxygen atoms in total. The van der Waals surface area contributed by atoms with Crippen molar-refractivity contribution in [1.82, 2.24) is 9.78 Å². The average molecular weight is 462 g/mol. The van der Waals surface area contributed by atoms with Crippen molar-refractivity contribution >= 4 is 56.5 Å². The number of hydrogen-bond acceptors (Lipinski definition) is 6. The van der Waals surface area contributed by atoms with Crippen LogP contribution in [0.3, 0.4) is 0 Å². The molecule has 0 spiro atoms. The number of fused-ring (bicyclic) bond motifs is 1. The molecule has 1 aromatic carbocycles. The lowest BCUT2D eigenvalue weighted by molar-refractivity contribution is -0.118. The quantitative estimate of drug-likeness (QED) is 0.734. The van der Waals surface area contributed by atoms with Crippen LogP contribution in [0.2, 0.25) is 10.0 Å². The number of nitrogens with one attached hydrogen (secondary N) is 1. The van der Waals surface area contributed by atoms with Crippen LogP contribution in [0.25, 0.3) is 0 Å². The Morgan fingerprint density at radius 3 is 2.89 bits per heavy atom. The maximum atomic E-state index is 12.5. The van der Waals surface area contributed by atoms with Gasteiger partial charge >= 0.3 is 0 Å². The number of rotatable bonds is 5. The highest BCUT2D eigenvalue weighted by Crippen LogP contribution is 2.38. The van der Waals surface area contributed by atoms with Gasteiger partial charge in [0, 0.05) is 22.1 Å². The molecule has 2 aromatic rings. The summed E-state index contributed by atoms with van der Waals surface area (Å²) in [5, 5.41) is 8.22. The van der Waals surface area contributed by atoms with Gasteiger partial charge in [-0.25, -0.2) is 13.1 Å². The Labute approximate surface area is 176 Å². The SMILES string of the molecule is O=C(COc1ccc(Cl)cc1Cl)Nc1c2c(nn1C1CCS(=O)(=O)C1)CSC2. The van der Waals surface area contributed by atoms with E-state index >= 15 is 0 Å². The second kappa shape index (κ2) is 7.78. The summed E-state index contributed by atoms with van der Waals surface area (Å²) in [6, 6.07) is 4.50. The maximum absolute atomic E-state index is 12.5. The number of carbonyl (C=O) groups excluding carboxylic acids is 1. The molecule has 1 aromatic heterocycles. The van der Waals surface area contributed by atoms with Crippen LogP contribution in [-0.4, -0.2) is 42.2 Å². The molecule has 1 amide bonds. The lowest BCUT2D eigenvalue weighted by Gasteiger charge is -2.15. The molecule has 0 bridgehead atoms. The number of anilines is 1. The molecule has 1 N–H and O–H groups in total. The van der Waals surface area contributed by atoms with Crippen molar-refractivity contribution in [1.29, 1.82) is 0 Å². The number of nitrogens with zero attached hydrogens (tertiary/aromatic N) is 2. The summed E-state index contributed by atoms with van der Waals surface area (Å²) in [4.78, 5) is 12.5. The van der Waals surface area contributed by atoms with Crippen molar-refractivity contribution < 1.29 is 17.9 Å². The highest BCUT2D eigenvalue weighted by Gasteiger charge is 2.34. The van der Waals surface area contributed by atoms with Gasteiger partial charge in [0.1, 0.15) is 11.6 Å². The number of carbonyl (C=O) groups is 1. The minimum Gasteiger partial charge on any atom is -0.482 e. The van der Waals surface area contributed by atoms with E-state index in [2.05, 4.69) is 10.4 Å². The molecule has 1 saturated heterocycles. The van der Waals surface area contributed by atoms with Gasteiger partial charge in [0.15, 0.2) is 16.4 Å². The fraction of sp³-hybridized carbons (Fsp3) is 0.412. The number of halogens is 2. The molecular weight excluding hydrogens is 445 g/mol. The van der Waals surface area contributed by atoms with Crippen LogP contribution in [0.1, 0.15) is 23.7 Å². The Balaban J connectivity index is 1.50. The molecular formula is C17H17Cl2N3O4S2. The predicted molar refractivity (Wildman–Crippen MR) is 110 cm³/mol. The minimum atomic E-state index is -3.06. The normalized spacial score (nSPS) is 20.1. The molecule has 3 heterocycles. The van der Waals surface area contributed by atoms with Crippen LogP contribution >= 0.6 is 35.0 Å². The van der Waals surface area contributed by atoms with Gasteiger partial charge in [-0.15, -0.1) is 0 Å². The Morgan fingerprint density at radius 1 is 1.36 bits per heavy atom. The predicted octanol–water partition coefficient (Wildman–Crippen LogP) is 3.31. The van der Waals surface area contributed by atoms with E-state index in [0.29, 0.717) is 28.0 Å². The Bertz CT molecular complexity index is 1040. The fourth-order valence-electron chi connectivity index (χ4n) is 3.30. The molecule has 0 radical (unpaired) electrons. The van der Waals surface area contributed by atoms with Crippen molar-refractivity contribution in [3.8, 4) is 5.75 Å². The number of thioether (sulfide) groups is 1. The summed E-state index contributed by atoms with van der Waals surface area (Å²) >= 11 is 13.6. The second-order valence-corrected chi connectivity index (χ2v) is 10.7. The molecule has 11 heteroatoms. The number of benzene rings is 1. The van der Waals surface area contributed by atoms with Crippen molar-refractivity contribution in [3.63, 3.8) is 0 Å². The van der Waals surface area contributed by atoms with Gasteiger partial charge in [0.25, 0.3) is 5.91 Å². The van der Waals surface area contributed by atoms with E-state index in [4.69, 9.17) is 27.9 Å². The van der Waals surface area contributed by atoms with E-state index in [-0.39, 0.29) is 30.1 Å². The molecule has 4 rings (SSSR count). The van der Waals surface area contributed by atoms with Gasteiger partial charge in [-0.1, -0.05) is 23.2 Å². The van der Waals surface area contributed by atoms with E-state index in [1.165, 1.54) is 6.07 Å². The summed E-state index contributed by atoms with van der Waals surface area (Å²) in [6.45, 7) is -0.239. The average Bonchev–Trinajstić information content (AvgIpc) is 3.30. The van der Waals surface area contributed by atoms with Crippen molar-refractivity contribution in [2.24, 2.45) is 0 Å². The molecule has 28 heavy (non-hydrogen) atoms. The van der Waals surface area contributed by atoms with Gasteiger partial charge < -0.3 is 10.1 Å². The summed E-state index contributed by atoms with van der Waals surface area (Å²) in [7, 11) is -3.06. The Morgan fingerprint density at radius 2 is 2.18 bits per heavy atom. The molecule has 1 fully saturated rings. The molecule has 2 aliphatic rings. The van der Waals surface area contributed by atoms with Crippen LogP contribution in [0, 0.1) is 0 Å². The zero-order valence-corrected chi connectivity index (χ0v) is 17.8. The molecule has 2 aliphatic heterocycles. The molecule has 0 saturated carbocycles. The number of amides is 1. The first-order valence-electron chi connectivity index (χ1n) is 8.58. The van der Waals surface area contributed by atoms with Crippen LogP contribution in [0.5, 0.6) is 5.75 Å². The van der Waals surface area contributed by atoms with Crippen LogP contribution in [-0.2, 0) is 26.1 Å². The van der Waals surface area contributed by atoms with E-state index in [1.807, 2.05) is 0 Å². The Kier molecular flexibility index (Phi) is 5.52. The van der Waals surface area contributed by atoms with Crippen molar-refractivity contribution in [2.75, 3.05) is 23.4 Å². The maximum Gasteiger partial charge on any atom is 0.263 e. The van der Waals surface area contributed by atoms with E-state index in [9.17, 15) is 13.2 Å². The van der Waals surface area contributed by atoms with E-state index in [1.54, 1.807) is 28.6 Å². The number of aromatic nitrogens is 2. The van der Waals surface area contributed by atoms with Crippen LogP contribution in [0.15, 0.2) is 18.2 Å².